The monoisotopic (exact) mass is 272 g/mol. The average molecular weight is 272 g/mol. The van der Waals surface area contributed by atoms with Gasteiger partial charge in [0, 0.05) is 10.9 Å². The number of hydrogen-bond acceptors (Lipinski definition) is 6. The Hall–Kier alpha value is -2.05. The number of nitrogens with two attached hydrogens (primary N) is 1. The Kier molecular flexibility index (Phi) is 3.10. The van der Waals surface area contributed by atoms with E-state index in [0.29, 0.717) is 17.4 Å². The molecule has 3 rings (SSSR count). The van der Waals surface area contributed by atoms with E-state index in [-0.39, 0.29) is 6.04 Å². The van der Waals surface area contributed by atoms with Gasteiger partial charge in [-0.2, -0.15) is 4.98 Å². The van der Waals surface area contributed by atoms with Gasteiger partial charge < -0.3 is 10.3 Å². The van der Waals surface area contributed by atoms with Crippen LogP contribution >= 0.6 is 11.3 Å². The highest BCUT2D eigenvalue weighted by Gasteiger charge is 2.14. The molecule has 1 unspecified atom stereocenters. The van der Waals surface area contributed by atoms with E-state index in [2.05, 4.69) is 15.1 Å². The lowest BCUT2D eigenvalue weighted by molar-refractivity contribution is 0.431. The van der Waals surface area contributed by atoms with Crippen LogP contribution in [-0.2, 0) is 0 Å². The van der Waals surface area contributed by atoms with E-state index in [1.54, 1.807) is 0 Å². The fraction of sp³-hybridized carbons (Fsp3) is 0.154. The molecule has 2 heterocycles. The zero-order valence-electron chi connectivity index (χ0n) is 10.3. The average Bonchev–Trinajstić information content (AvgIpc) is 3.09. The van der Waals surface area contributed by atoms with Crippen LogP contribution in [0.15, 0.2) is 40.2 Å². The first-order chi connectivity index (χ1) is 9.24. The molecule has 0 aliphatic rings. The van der Waals surface area contributed by atoms with Crippen LogP contribution in [-0.4, -0.2) is 15.1 Å². The highest BCUT2D eigenvalue weighted by molar-refractivity contribution is 7.10. The summed E-state index contributed by atoms with van der Waals surface area (Å²) < 4.78 is 5.24. The molecule has 0 amide bonds. The van der Waals surface area contributed by atoms with E-state index in [0.717, 1.165) is 10.6 Å². The van der Waals surface area contributed by atoms with Crippen LogP contribution < -0.4 is 5.73 Å². The second-order valence-electron chi connectivity index (χ2n) is 4.15. The van der Waals surface area contributed by atoms with Crippen molar-refractivity contribution in [2.24, 2.45) is 5.73 Å². The van der Waals surface area contributed by atoms with Crippen LogP contribution in [0.4, 0.5) is 0 Å². The normalized spacial score (nSPS) is 12.5. The Bertz CT molecular complexity index is 675. The molecule has 1 aromatic carbocycles. The molecule has 0 radical (unpaired) electrons. The van der Waals surface area contributed by atoms with E-state index in [1.807, 2.05) is 42.6 Å². The van der Waals surface area contributed by atoms with Crippen molar-refractivity contribution in [1.29, 1.82) is 0 Å². The maximum atomic E-state index is 5.78. The van der Waals surface area contributed by atoms with Crippen molar-refractivity contribution in [1.82, 2.24) is 15.1 Å². The largest absolute Gasteiger partial charge is 0.332 e. The second kappa shape index (κ2) is 4.91. The molecule has 0 bridgehead atoms. The zero-order chi connectivity index (χ0) is 13.2. The Balaban J connectivity index is 1.92. The van der Waals surface area contributed by atoms with Gasteiger partial charge in [0.05, 0.1) is 6.04 Å². The molecule has 2 N–H and O–H groups in total. The maximum absolute atomic E-state index is 5.78. The van der Waals surface area contributed by atoms with Crippen LogP contribution in [0.5, 0.6) is 0 Å². The Morgan fingerprint density at radius 1 is 1.21 bits per heavy atom. The summed E-state index contributed by atoms with van der Waals surface area (Å²) in [6.07, 6.45) is 0. The minimum absolute atomic E-state index is 0.0877. The summed E-state index contributed by atoms with van der Waals surface area (Å²) in [5.74, 6) is 0.980. The van der Waals surface area contributed by atoms with Crippen LogP contribution in [0, 0.1) is 0 Å². The SMILES string of the molecule is CC(N)c1nc(-c2nc(-c3ccccc3)no2)cs1. The molecule has 0 aliphatic heterocycles. The molecule has 96 valence electrons. The summed E-state index contributed by atoms with van der Waals surface area (Å²) >= 11 is 1.49. The number of hydrogen-bond donors (Lipinski definition) is 1. The van der Waals surface area contributed by atoms with Crippen LogP contribution in [0.3, 0.4) is 0 Å². The quantitative estimate of drug-likeness (QED) is 0.793. The lowest BCUT2D eigenvalue weighted by Crippen LogP contribution is -2.03. The smallest absolute Gasteiger partial charge is 0.277 e. The van der Waals surface area contributed by atoms with Gasteiger partial charge in [0.2, 0.25) is 5.82 Å². The number of thiazole rings is 1. The van der Waals surface area contributed by atoms with E-state index >= 15 is 0 Å². The number of aromatic nitrogens is 3. The topological polar surface area (TPSA) is 77.8 Å². The minimum atomic E-state index is -0.0877. The van der Waals surface area contributed by atoms with Crippen LogP contribution in [0.2, 0.25) is 0 Å². The molecular weight excluding hydrogens is 260 g/mol. The number of benzene rings is 1. The van der Waals surface area contributed by atoms with E-state index in [9.17, 15) is 0 Å². The highest BCUT2D eigenvalue weighted by atomic mass is 32.1. The van der Waals surface area contributed by atoms with Gasteiger partial charge in [0.1, 0.15) is 10.7 Å². The fourth-order valence-corrected chi connectivity index (χ4v) is 2.38. The lowest BCUT2D eigenvalue weighted by atomic mass is 10.2. The molecule has 5 nitrogen and oxygen atoms in total. The molecule has 0 fully saturated rings. The third-order valence-corrected chi connectivity index (χ3v) is 3.63. The van der Waals surface area contributed by atoms with Crippen molar-refractivity contribution in [3.63, 3.8) is 0 Å². The van der Waals surface area contributed by atoms with Crippen molar-refractivity contribution in [2.75, 3.05) is 0 Å². The molecule has 0 saturated heterocycles. The van der Waals surface area contributed by atoms with Gasteiger partial charge in [-0.1, -0.05) is 35.5 Å². The number of nitrogens with zero attached hydrogens (tertiary/aromatic N) is 3. The van der Waals surface area contributed by atoms with E-state index < -0.39 is 0 Å². The summed E-state index contributed by atoms with van der Waals surface area (Å²) in [5, 5.41) is 6.70. The second-order valence-corrected chi connectivity index (χ2v) is 5.04. The maximum Gasteiger partial charge on any atom is 0.277 e. The molecule has 1 atom stereocenters. The standard InChI is InChI=1S/C13H12N4OS/c1-8(14)13-15-10(7-19-13)12-16-11(17-18-12)9-5-3-2-4-6-9/h2-8H,14H2,1H3. The van der Waals surface area contributed by atoms with Crippen molar-refractivity contribution in [3.8, 4) is 23.0 Å². The lowest BCUT2D eigenvalue weighted by Gasteiger charge is -1.95. The minimum Gasteiger partial charge on any atom is -0.332 e. The van der Waals surface area contributed by atoms with Gasteiger partial charge in [0.25, 0.3) is 5.89 Å². The Morgan fingerprint density at radius 2 is 2.00 bits per heavy atom. The first-order valence-electron chi connectivity index (χ1n) is 5.84. The third-order valence-electron chi connectivity index (χ3n) is 2.59. The Morgan fingerprint density at radius 3 is 2.68 bits per heavy atom. The highest BCUT2D eigenvalue weighted by Crippen LogP contribution is 2.25. The zero-order valence-corrected chi connectivity index (χ0v) is 11.1. The van der Waals surface area contributed by atoms with Crippen molar-refractivity contribution >= 4 is 11.3 Å². The van der Waals surface area contributed by atoms with Gasteiger partial charge in [-0.15, -0.1) is 11.3 Å². The van der Waals surface area contributed by atoms with Crippen LogP contribution in [0.1, 0.15) is 18.0 Å². The first-order valence-corrected chi connectivity index (χ1v) is 6.72. The predicted molar refractivity (Wildman–Crippen MR) is 73.4 cm³/mol. The molecule has 0 aliphatic carbocycles. The number of rotatable bonds is 3. The van der Waals surface area contributed by atoms with E-state index in [1.165, 1.54) is 11.3 Å². The Labute approximate surface area is 114 Å². The summed E-state index contributed by atoms with van der Waals surface area (Å²) in [4.78, 5) is 8.73. The van der Waals surface area contributed by atoms with Gasteiger partial charge in [0.15, 0.2) is 0 Å². The summed E-state index contributed by atoms with van der Waals surface area (Å²) in [6, 6.07) is 9.59. The van der Waals surface area contributed by atoms with Crippen LogP contribution in [0.25, 0.3) is 23.0 Å². The van der Waals surface area contributed by atoms with Gasteiger partial charge in [-0.25, -0.2) is 4.98 Å². The molecule has 19 heavy (non-hydrogen) atoms. The fourth-order valence-electron chi connectivity index (χ4n) is 1.63. The van der Waals surface area contributed by atoms with Crippen molar-refractivity contribution in [2.45, 2.75) is 13.0 Å². The summed E-state index contributed by atoms with van der Waals surface area (Å²) in [6.45, 7) is 1.89. The van der Waals surface area contributed by atoms with E-state index in [4.69, 9.17) is 10.3 Å². The molecular formula is C13H12N4OS. The van der Waals surface area contributed by atoms with Crippen molar-refractivity contribution in [3.05, 3.63) is 40.7 Å². The predicted octanol–water partition coefficient (Wildman–Crippen LogP) is 2.88. The molecule has 6 heteroatoms. The third kappa shape index (κ3) is 2.40. The van der Waals surface area contributed by atoms with Gasteiger partial charge in [-0.3, -0.25) is 0 Å². The first kappa shape index (κ1) is 12.0. The summed E-state index contributed by atoms with van der Waals surface area (Å²) in [7, 11) is 0. The molecule has 0 spiro atoms. The molecule has 2 aromatic heterocycles. The van der Waals surface area contributed by atoms with Gasteiger partial charge >= 0.3 is 0 Å². The van der Waals surface area contributed by atoms with Gasteiger partial charge in [-0.05, 0) is 6.92 Å². The molecule has 3 aromatic rings. The summed E-state index contributed by atoms with van der Waals surface area (Å²) in [5.41, 5.74) is 7.37. The molecule has 0 saturated carbocycles. The van der Waals surface area contributed by atoms with Crippen molar-refractivity contribution < 1.29 is 4.52 Å².